The molecule has 0 aliphatic carbocycles. The number of benzene rings is 1. The summed E-state index contributed by atoms with van der Waals surface area (Å²) in [5, 5.41) is 13.5. The standard InChI is InChI=1S/C21H31N9O2.ClH/c1-12(31)13-2-4-16(5-3-13)25-19-26-20(29-10-14(23)8-15(24)11-29)28-21(27-19)30-7-6-18(32)17(30)9-22;/h2-5,14-15,17-18,32H,6-11,22-24H2,1H3,(H,25,26,27,28);1H/t14-,15+,17-,18-;/m1./s1. The Morgan fingerprint density at radius 3 is 2.36 bits per heavy atom. The van der Waals surface area contributed by atoms with Crippen molar-refractivity contribution < 1.29 is 9.90 Å². The van der Waals surface area contributed by atoms with Crippen molar-refractivity contribution in [2.24, 2.45) is 17.2 Å². The first-order valence-electron chi connectivity index (χ1n) is 10.9. The molecule has 2 saturated heterocycles. The van der Waals surface area contributed by atoms with Gasteiger partial charge in [0.2, 0.25) is 17.8 Å². The molecule has 2 aromatic rings. The van der Waals surface area contributed by atoms with Gasteiger partial charge in [-0.05, 0) is 44.0 Å². The summed E-state index contributed by atoms with van der Waals surface area (Å²) in [4.78, 5) is 29.3. The summed E-state index contributed by atoms with van der Waals surface area (Å²) in [6.45, 7) is 3.59. The zero-order valence-corrected chi connectivity index (χ0v) is 19.4. The molecular formula is C21H32ClN9O2. The van der Waals surface area contributed by atoms with Gasteiger partial charge in [-0.25, -0.2) is 0 Å². The molecule has 1 aromatic heterocycles. The van der Waals surface area contributed by atoms with E-state index in [0.29, 0.717) is 49.5 Å². The molecule has 2 aliphatic heterocycles. The number of hydrogen-bond donors (Lipinski definition) is 5. The molecule has 0 radical (unpaired) electrons. The van der Waals surface area contributed by atoms with Gasteiger partial charge >= 0.3 is 0 Å². The minimum absolute atomic E-state index is 0. The molecule has 1 aromatic carbocycles. The van der Waals surface area contributed by atoms with E-state index < -0.39 is 6.10 Å². The Bertz CT molecular complexity index is 951. The third kappa shape index (κ3) is 5.68. The Morgan fingerprint density at radius 2 is 1.76 bits per heavy atom. The number of nitrogens with two attached hydrogens (primary N) is 3. The molecule has 0 amide bonds. The van der Waals surface area contributed by atoms with Crippen molar-refractivity contribution in [1.29, 1.82) is 0 Å². The van der Waals surface area contributed by atoms with Crippen LogP contribution in [-0.4, -0.2) is 76.3 Å². The smallest absolute Gasteiger partial charge is 0.233 e. The number of nitrogens with zero attached hydrogens (tertiary/aromatic N) is 5. The summed E-state index contributed by atoms with van der Waals surface area (Å²) in [5.74, 6) is 1.27. The van der Waals surface area contributed by atoms with Crippen molar-refractivity contribution in [3.8, 4) is 0 Å². The van der Waals surface area contributed by atoms with Crippen LogP contribution in [0.2, 0.25) is 0 Å². The highest BCUT2D eigenvalue weighted by Gasteiger charge is 2.34. The number of nitrogens with one attached hydrogen (secondary N) is 1. The monoisotopic (exact) mass is 477 g/mol. The van der Waals surface area contributed by atoms with Gasteiger partial charge in [0.25, 0.3) is 0 Å². The van der Waals surface area contributed by atoms with Crippen LogP contribution in [0.3, 0.4) is 0 Å². The van der Waals surface area contributed by atoms with Crippen LogP contribution in [0.5, 0.6) is 0 Å². The Hall–Kier alpha value is -2.57. The summed E-state index contributed by atoms with van der Waals surface area (Å²) in [5.41, 5.74) is 19.6. The quantitative estimate of drug-likeness (QED) is 0.354. The van der Waals surface area contributed by atoms with E-state index in [2.05, 4.69) is 20.3 Å². The summed E-state index contributed by atoms with van der Waals surface area (Å²) >= 11 is 0. The fourth-order valence-corrected chi connectivity index (χ4v) is 4.31. The molecule has 3 heterocycles. The predicted molar refractivity (Wildman–Crippen MR) is 130 cm³/mol. The summed E-state index contributed by atoms with van der Waals surface area (Å²) < 4.78 is 0. The van der Waals surface area contributed by atoms with Crippen molar-refractivity contribution in [3.05, 3.63) is 29.8 Å². The molecule has 4 atom stereocenters. The zero-order chi connectivity index (χ0) is 22.8. The Labute approximate surface area is 199 Å². The molecule has 0 bridgehead atoms. The van der Waals surface area contributed by atoms with E-state index in [1.165, 1.54) is 6.92 Å². The van der Waals surface area contributed by atoms with Crippen LogP contribution in [0.25, 0.3) is 0 Å². The highest BCUT2D eigenvalue weighted by atomic mass is 35.5. The zero-order valence-electron chi connectivity index (χ0n) is 18.6. The Balaban J connectivity index is 0.00000306. The maximum atomic E-state index is 11.5. The lowest BCUT2D eigenvalue weighted by atomic mass is 10.0. The number of hydrogen-bond acceptors (Lipinski definition) is 11. The molecule has 4 rings (SSSR count). The molecule has 2 fully saturated rings. The topological polar surface area (TPSA) is 173 Å². The van der Waals surface area contributed by atoms with Crippen molar-refractivity contribution in [1.82, 2.24) is 15.0 Å². The van der Waals surface area contributed by atoms with E-state index in [4.69, 9.17) is 17.2 Å². The minimum Gasteiger partial charge on any atom is -0.391 e. The van der Waals surface area contributed by atoms with Crippen LogP contribution >= 0.6 is 12.4 Å². The van der Waals surface area contributed by atoms with Crippen molar-refractivity contribution in [2.45, 2.75) is 44.0 Å². The highest BCUT2D eigenvalue weighted by molar-refractivity contribution is 5.94. The maximum absolute atomic E-state index is 11.5. The minimum atomic E-state index is -0.535. The first kappa shape index (κ1) is 25.1. The fourth-order valence-electron chi connectivity index (χ4n) is 4.31. The number of carbonyl (C=O) groups is 1. The molecule has 33 heavy (non-hydrogen) atoms. The van der Waals surface area contributed by atoms with E-state index >= 15 is 0 Å². The second-order valence-corrected chi connectivity index (χ2v) is 8.53. The number of aliphatic hydroxyl groups is 1. The van der Waals surface area contributed by atoms with E-state index in [1.54, 1.807) is 24.3 Å². The first-order chi connectivity index (χ1) is 15.3. The number of Topliss-reactive ketones (excluding diaryl/α,β-unsaturated/α-hetero) is 1. The average Bonchev–Trinajstić information content (AvgIpc) is 3.13. The number of aromatic nitrogens is 3. The van der Waals surface area contributed by atoms with Crippen LogP contribution in [0.15, 0.2) is 24.3 Å². The van der Waals surface area contributed by atoms with Gasteiger partial charge in [-0.2, -0.15) is 15.0 Å². The molecule has 2 aliphatic rings. The molecule has 180 valence electrons. The second-order valence-electron chi connectivity index (χ2n) is 8.53. The maximum Gasteiger partial charge on any atom is 0.233 e. The number of halogens is 1. The number of ketones is 1. The van der Waals surface area contributed by atoms with Crippen LogP contribution in [0.1, 0.15) is 30.1 Å². The second kappa shape index (κ2) is 10.6. The largest absolute Gasteiger partial charge is 0.391 e. The van der Waals surface area contributed by atoms with Gasteiger partial charge in [0.1, 0.15) is 0 Å². The number of rotatable bonds is 6. The highest BCUT2D eigenvalue weighted by Crippen LogP contribution is 2.27. The van der Waals surface area contributed by atoms with Gasteiger partial charge < -0.3 is 37.4 Å². The predicted octanol–water partition coefficient (Wildman–Crippen LogP) is 0.00260. The van der Waals surface area contributed by atoms with Crippen molar-refractivity contribution in [2.75, 3.05) is 41.3 Å². The average molecular weight is 478 g/mol. The molecule has 0 saturated carbocycles. The molecule has 11 nitrogen and oxygen atoms in total. The van der Waals surface area contributed by atoms with Gasteiger partial charge in [-0.15, -0.1) is 12.4 Å². The van der Waals surface area contributed by atoms with Crippen LogP contribution in [0, 0.1) is 0 Å². The first-order valence-corrected chi connectivity index (χ1v) is 10.9. The molecular weight excluding hydrogens is 446 g/mol. The van der Waals surface area contributed by atoms with E-state index in [0.717, 1.165) is 12.1 Å². The van der Waals surface area contributed by atoms with E-state index in [-0.39, 0.29) is 42.9 Å². The number of carbonyl (C=O) groups excluding carboxylic acids is 1. The lowest BCUT2D eigenvalue weighted by molar-refractivity contribution is 0.101. The van der Waals surface area contributed by atoms with Gasteiger partial charge in [0.05, 0.1) is 12.1 Å². The molecule has 0 unspecified atom stereocenters. The summed E-state index contributed by atoms with van der Waals surface area (Å²) in [6.07, 6.45) is 0.806. The van der Waals surface area contributed by atoms with Gasteiger partial charge in [0.15, 0.2) is 5.78 Å². The Kier molecular flexibility index (Phi) is 8.03. The van der Waals surface area contributed by atoms with Gasteiger partial charge in [-0.1, -0.05) is 0 Å². The van der Waals surface area contributed by atoms with Crippen molar-refractivity contribution >= 4 is 41.7 Å². The van der Waals surface area contributed by atoms with Gasteiger partial charge in [-0.3, -0.25) is 4.79 Å². The van der Waals surface area contributed by atoms with Crippen LogP contribution in [0.4, 0.5) is 23.5 Å². The fraction of sp³-hybridized carbons (Fsp3) is 0.524. The van der Waals surface area contributed by atoms with Crippen molar-refractivity contribution in [3.63, 3.8) is 0 Å². The summed E-state index contributed by atoms with van der Waals surface area (Å²) in [7, 11) is 0. The van der Waals surface area contributed by atoms with E-state index in [9.17, 15) is 9.90 Å². The number of anilines is 4. The lowest BCUT2D eigenvalue weighted by Gasteiger charge is -2.35. The molecule has 12 heteroatoms. The van der Waals surface area contributed by atoms with Crippen LogP contribution < -0.4 is 32.3 Å². The van der Waals surface area contributed by atoms with Crippen LogP contribution in [-0.2, 0) is 0 Å². The third-order valence-corrected chi connectivity index (χ3v) is 5.97. The Morgan fingerprint density at radius 1 is 1.12 bits per heavy atom. The third-order valence-electron chi connectivity index (χ3n) is 5.97. The number of aliphatic hydroxyl groups excluding tert-OH is 1. The summed E-state index contributed by atoms with van der Waals surface area (Å²) in [6, 6.07) is 6.69. The molecule has 8 N–H and O–H groups in total. The van der Waals surface area contributed by atoms with E-state index in [1.807, 2.05) is 9.80 Å². The SMILES string of the molecule is CC(=O)c1ccc(Nc2nc(N3C[C@H](N)C[C@H](N)C3)nc(N3CC[C@@H](O)[C@H]3CN)n2)cc1.Cl. The lowest BCUT2D eigenvalue weighted by Crippen LogP contribution is -2.53. The molecule has 0 spiro atoms. The van der Waals surface area contributed by atoms with Gasteiger partial charge in [0, 0.05) is 49.5 Å². The number of piperidine rings is 1. The normalized spacial score (nSPS) is 25.0.